The molecule has 2 rings (SSSR count). The second kappa shape index (κ2) is 6.58. The maximum absolute atomic E-state index is 12.0. The van der Waals surface area contributed by atoms with E-state index in [0.29, 0.717) is 22.4 Å². The molecule has 1 aromatic carbocycles. The Kier molecular flexibility index (Phi) is 5.07. The van der Waals surface area contributed by atoms with Crippen molar-refractivity contribution in [3.05, 3.63) is 34.9 Å². The fourth-order valence-electron chi connectivity index (χ4n) is 2.55. The number of carbonyl (C=O) groups is 1. The van der Waals surface area contributed by atoms with Gasteiger partial charge in [0.25, 0.3) is 5.91 Å². The molecule has 0 heterocycles. The first-order valence-electron chi connectivity index (χ1n) is 6.31. The zero-order valence-electron chi connectivity index (χ0n) is 10.2. The minimum atomic E-state index is -0.0687. The van der Waals surface area contributed by atoms with Crippen LogP contribution in [-0.4, -0.2) is 17.8 Å². The first-order chi connectivity index (χ1) is 8.72. The lowest BCUT2D eigenvalue weighted by molar-refractivity contribution is 0.0945. The molecule has 1 N–H and O–H groups in total. The molecule has 1 aliphatic carbocycles. The summed E-state index contributed by atoms with van der Waals surface area (Å²) in [6.45, 7) is 0.750. The second-order valence-corrected chi connectivity index (χ2v) is 5.85. The van der Waals surface area contributed by atoms with Gasteiger partial charge in [0, 0.05) is 11.9 Å². The molecule has 0 aliphatic heterocycles. The topological polar surface area (TPSA) is 29.1 Å². The number of carbonyl (C=O) groups excluding carboxylic acids is 1. The molecule has 0 saturated heterocycles. The van der Waals surface area contributed by atoms with E-state index in [4.69, 9.17) is 11.6 Å². The van der Waals surface area contributed by atoms with Crippen LogP contribution in [0.25, 0.3) is 0 Å². The average Bonchev–Trinajstić information content (AvgIpc) is 2.84. The number of hydrogen-bond acceptors (Lipinski definition) is 1. The van der Waals surface area contributed by atoms with Crippen molar-refractivity contribution in [3.8, 4) is 0 Å². The highest BCUT2D eigenvalue weighted by Crippen LogP contribution is 2.32. The van der Waals surface area contributed by atoms with Crippen LogP contribution >= 0.6 is 27.5 Å². The van der Waals surface area contributed by atoms with Gasteiger partial charge < -0.3 is 5.32 Å². The molecule has 1 aromatic rings. The number of nitrogens with one attached hydrogen (secondary N) is 1. The van der Waals surface area contributed by atoms with Gasteiger partial charge >= 0.3 is 0 Å². The lowest BCUT2D eigenvalue weighted by Crippen LogP contribution is -2.31. The third kappa shape index (κ3) is 3.27. The largest absolute Gasteiger partial charge is 0.352 e. The van der Waals surface area contributed by atoms with Crippen molar-refractivity contribution >= 4 is 33.4 Å². The molecular formula is C14H17BrClNO. The van der Waals surface area contributed by atoms with Crippen molar-refractivity contribution < 1.29 is 4.79 Å². The zero-order valence-corrected chi connectivity index (χ0v) is 12.5. The summed E-state index contributed by atoms with van der Waals surface area (Å²) in [6.07, 6.45) is 3.74. The van der Waals surface area contributed by atoms with E-state index in [9.17, 15) is 4.79 Å². The van der Waals surface area contributed by atoms with Crippen LogP contribution in [0.4, 0.5) is 0 Å². The Balaban J connectivity index is 1.91. The van der Waals surface area contributed by atoms with E-state index in [2.05, 4.69) is 21.2 Å². The van der Waals surface area contributed by atoms with Crippen molar-refractivity contribution in [1.29, 1.82) is 0 Å². The SMILES string of the molecule is O=C(NCC1CCCC1CBr)c1ccccc1Cl. The number of halogens is 2. The van der Waals surface area contributed by atoms with Gasteiger partial charge in [-0.2, -0.15) is 0 Å². The Hall–Kier alpha value is -0.540. The molecule has 0 spiro atoms. The fourth-order valence-corrected chi connectivity index (χ4v) is 3.62. The smallest absolute Gasteiger partial charge is 0.252 e. The zero-order chi connectivity index (χ0) is 13.0. The van der Waals surface area contributed by atoms with Gasteiger partial charge in [0.1, 0.15) is 0 Å². The Morgan fingerprint density at radius 2 is 2.06 bits per heavy atom. The number of hydrogen-bond donors (Lipinski definition) is 1. The Labute approximate surface area is 121 Å². The average molecular weight is 331 g/mol. The van der Waals surface area contributed by atoms with Gasteiger partial charge in [0.15, 0.2) is 0 Å². The molecule has 0 radical (unpaired) electrons. The summed E-state index contributed by atoms with van der Waals surface area (Å²) >= 11 is 9.55. The highest BCUT2D eigenvalue weighted by molar-refractivity contribution is 9.09. The van der Waals surface area contributed by atoms with Crippen LogP contribution in [0.3, 0.4) is 0 Å². The summed E-state index contributed by atoms with van der Waals surface area (Å²) in [5.74, 6) is 1.22. The van der Waals surface area contributed by atoms with Crippen molar-refractivity contribution in [2.45, 2.75) is 19.3 Å². The lowest BCUT2D eigenvalue weighted by Gasteiger charge is -2.18. The van der Waals surface area contributed by atoms with Crippen LogP contribution in [0, 0.1) is 11.8 Å². The predicted octanol–water partition coefficient (Wildman–Crippen LogP) is 3.88. The van der Waals surface area contributed by atoms with Gasteiger partial charge in [-0.05, 0) is 36.8 Å². The third-order valence-electron chi connectivity index (χ3n) is 3.66. The normalized spacial score (nSPS) is 23.0. The standard InChI is InChI=1S/C14H17BrClNO/c15-8-10-4-3-5-11(10)9-17-14(18)12-6-1-2-7-13(12)16/h1-2,6-7,10-11H,3-5,8-9H2,(H,17,18). The molecule has 98 valence electrons. The molecular weight excluding hydrogens is 314 g/mol. The maximum atomic E-state index is 12.0. The van der Waals surface area contributed by atoms with Crippen molar-refractivity contribution in [2.75, 3.05) is 11.9 Å². The molecule has 1 fully saturated rings. The number of alkyl halides is 1. The molecule has 4 heteroatoms. The number of rotatable bonds is 4. The summed E-state index contributed by atoms with van der Waals surface area (Å²) in [6, 6.07) is 7.16. The summed E-state index contributed by atoms with van der Waals surface area (Å²) in [5.41, 5.74) is 0.563. The van der Waals surface area contributed by atoms with E-state index in [1.54, 1.807) is 12.1 Å². The van der Waals surface area contributed by atoms with E-state index < -0.39 is 0 Å². The van der Waals surface area contributed by atoms with E-state index >= 15 is 0 Å². The summed E-state index contributed by atoms with van der Waals surface area (Å²) in [7, 11) is 0. The quantitative estimate of drug-likeness (QED) is 0.834. The molecule has 1 amide bonds. The maximum Gasteiger partial charge on any atom is 0.252 e. The summed E-state index contributed by atoms with van der Waals surface area (Å²) in [4.78, 5) is 12.0. The molecule has 0 aromatic heterocycles. The second-order valence-electron chi connectivity index (χ2n) is 4.80. The molecule has 1 aliphatic rings. The molecule has 2 nitrogen and oxygen atoms in total. The highest BCUT2D eigenvalue weighted by Gasteiger charge is 2.26. The molecule has 2 unspecified atom stereocenters. The van der Waals surface area contributed by atoms with Gasteiger partial charge in [-0.1, -0.05) is 46.1 Å². The minimum Gasteiger partial charge on any atom is -0.352 e. The minimum absolute atomic E-state index is 0.0687. The van der Waals surface area contributed by atoms with Crippen molar-refractivity contribution in [1.82, 2.24) is 5.32 Å². The monoisotopic (exact) mass is 329 g/mol. The van der Waals surface area contributed by atoms with Gasteiger partial charge in [0.2, 0.25) is 0 Å². The van der Waals surface area contributed by atoms with Crippen molar-refractivity contribution in [2.24, 2.45) is 11.8 Å². The van der Waals surface area contributed by atoms with E-state index in [1.807, 2.05) is 12.1 Å². The van der Waals surface area contributed by atoms with E-state index in [1.165, 1.54) is 19.3 Å². The summed E-state index contributed by atoms with van der Waals surface area (Å²) < 4.78 is 0. The molecule has 2 atom stereocenters. The van der Waals surface area contributed by atoms with Gasteiger partial charge in [-0.15, -0.1) is 0 Å². The Morgan fingerprint density at radius 1 is 1.33 bits per heavy atom. The first kappa shape index (κ1) is 13.9. The van der Waals surface area contributed by atoms with Crippen LogP contribution in [0.2, 0.25) is 5.02 Å². The van der Waals surface area contributed by atoms with Gasteiger partial charge in [-0.3, -0.25) is 4.79 Å². The van der Waals surface area contributed by atoms with Crippen LogP contribution in [0.1, 0.15) is 29.6 Å². The van der Waals surface area contributed by atoms with E-state index in [-0.39, 0.29) is 5.91 Å². The fraction of sp³-hybridized carbons (Fsp3) is 0.500. The van der Waals surface area contributed by atoms with Crippen LogP contribution < -0.4 is 5.32 Å². The molecule has 0 bridgehead atoms. The van der Waals surface area contributed by atoms with Gasteiger partial charge in [-0.25, -0.2) is 0 Å². The number of amides is 1. The third-order valence-corrected chi connectivity index (χ3v) is 4.82. The molecule has 1 saturated carbocycles. The number of benzene rings is 1. The molecule has 18 heavy (non-hydrogen) atoms. The van der Waals surface area contributed by atoms with Crippen LogP contribution in [0.15, 0.2) is 24.3 Å². The summed E-state index contributed by atoms with van der Waals surface area (Å²) in [5, 5.41) is 4.54. The Bertz CT molecular complexity index is 424. The van der Waals surface area contributed by atoms with Crippen molar-refractivity contribution in [3.63, 3.8) is 0 Å². The lowest BCUT2D eigenvalue weighted by atomic mass is 9.98. The van der Waals surface area contributed by atoms with E-state index in [0.717, 1.165) is 11.9 Å². The highest BCUT2D eigenvalue weighted by atomic mass is 79.9. The Morgan fingerprint density at radius 3 is 2.78 bits per heavy atom. The van der Waals surface area contributed by atoms with Crippen LogP contribution in [0.5, 0.6) is 0 Å². The van der Waals surface area contributed by atoms with Crippen LogP contribution in [-0.2, 0) is 0 Å². The predicted molar refractivity (Wildman–Crippen MR) is 78.4 cm³/mol. The first-order valence-corrected chi connectivity index (χ1v) is 7.81. The van der Waals surface area contributed by atoms with Gasteiger partial charge in [0.05, 0.1) is 10.6 Å².